The van der Waals surface area contributed by atoms with Crippen molar-refractivity contribution in [3.8, 4) is 17.4 Å². The molecule has 22 heavy (non-hydrogen) atoms. The number of aromatic hydroxyl groups is 1. The van der Waals surface area contributed by atoms with Crippen molar-refractivity contribution in [2.24, 2.45) is 4.99 Å². The average molecular weight is 358 g/mol. The molecule has 110 valence electrons. The summed E-state index contributed by atoms with van der Waals surface area (Å²) in [5.41, 5.74) is 1.88. The Morgan fingerprint density at radius 3 is 2.73 bits per heavy atom. The molecule has 6 heteroatoms. The van der Waals surface area contributed by atoms with E-state index in [1.807, 2.05) is 43.3 Å². The zero-order valence-electron chi connectivity index (χ0n) is 11.7. The summed E-state index contributed by atoms with van der Waals surface area (Å²) in [5.74, 6) is 0.593. The van der Waals surface area contributed by atoms with Crippen LogP contribution in [0.2, 0.25) is 0 Å². The molecular weight excluding hydrogens is 346 g/mol. The number of nitrogens with zero attached hydrogens (tertiary/aromatic N) is 3. The zero-order valence-corrected chi connectivity index (χ0v) is 13.3. The van der Waals surface area contributed by atoms with Gasteiger partial charge in [-0.1, -0.05) is 18.2 Å². The van der Waals surface area contributed by atoms with Gasteiger partial charge in [0.2, 0.25) is 5.89 Å². The summed E-state index contributed by atoms with van der Waals surface area (Å²) in [5, 5.41) is 9.86. The van der Waals surface area contributed by atoms with Crippen LogP contribution >= 0.6 is 15.9 Å². The molecule has 0 saturated carbocycles. The normalized spacial score (nSPS) is 11.2. The second kappa shape index (κ2) is 6.11. The fraction of sp³-hybridized carbons (Fsp3) is 0.0625. The summed E-state index contributed by atoms with van der Waals surface area (Å²) >= 11 is 3.43. The largest absolute Gasteiger partial charge is 0.479 e. The van der Waals surface area contributed by atoms with Crippen molar-refractivity contribution in [1.82, 2.24) is 9.97 Å². The van der Waals surface area contributed by atoms with Gasteiger partial charge < -0.3 is 9.52 Å². The first kappa shape index (κ1) is 14.5. The van der Waals surface area contributed by atoms with Crippen LogP contribution in [0.1, 0.15) is 11.4 Å². The number of aliphatic imine (C=N–C) groups is 1. The topological polar surface area (TPSA) is 71.5 Å². The van der Waals surface area contributed by atoms with Crippen LogP contribution in [-0.2, 0) is 0 Å². The molecule has 1 aromatic carbocycles. The zero-order chi connectivity index (χ0) is 15.5. The van der Waals surface area contributed by atoms with E-state index < -0.39 is 0 Å². The Hall–Kier alpha value is -2.47. The Morgan fingerprint density at radius 1 is 1.14 bits per heavy atom. The van der Waals surface area contributed by atoms with Crippen LogP contribution in [0.15, 0.2) is 56.3 Å². The maximum absolute atomic E-state index is 9.86. The lowest BCUT2D eigenvalue weighted by Gasteiger charge is -1.97. The molecule has 0 radical (unpaired) electrons. The quantitative estimate of drug-likeness (QED) is 0.710. The van der Waals surface area contributed by atoms with E-state index in [2.05, 4.69) is 30.9 Å². The molecule has 3 aromatic rings. The number of rotatable bonds is 3. The lowest BCUT2D eigenvalue weighted by atomic mass is 10.2. The Morgan fingerprint density at radius 2 is 1.95 bits per heavy atom. The monoisotopic (exact) mass is 357 g/mol. The molecule has 0 saturated heterocycles. The second-order valence-corrected chi connectivity index (χ2v) is 5.44. The molecule has 0 atom stereocenters. The van der Waals surface area contributed by atoms with Crippen LogP contribution in [0, 0.1) is 6.92 Å². The fourth-order valence-electron chi connectivity index (χ4n) is 1.89. The number of benzene rings is 1. The van der Waals surface area contributed by atoms with E-state index in [0.717, 1.165) is 15.7 Å². The molecule has 5 nitrogen and oxygen atoms in total. The Kier molecular flexibility index (Phi) is 4.02. The summed E-state index contributed by atoms with van der Waals surface area (Å²) in [4.78, 5) is 12.7. The molecule has 0 amide bonds. The van der Waals surface area contributed by atoms with E-state index in [9.17, 15) is 5.11 Å². The van der Waals surface area contributed by atoms with E-state index in [1.54, 1.807) is 6.07 Å². The highest BCUT2D eigenvalue weighted by Crippen LogP contribution is 2.30. The van der Waals surface area contributed by atoms with Crippen LogP contribution in [0.3, 0.4) is 0 Å². The van der Waals surface area contributed by atoms with Crippen LogP contribution in [0.5, 0.6) is 5.95 Å². The van der Waals surface area contributed by atoms with Crippen molar-refractivity contribution < 1.29 is 9.52 Å². The third-order valence-electron chi connectivity index (χ3n) is 2.93. The van der Waals surface area contributed by atoms with Gasteiger partial charge in [-0.15, -0.1) is 0 Å². The molecule has 0 aliphatic rings. The van der Waals surface area contributed by atoms with Crippen molar-refractivity contribution in [3.05, 3.63) is 58.3 Å². The number of oxazole rings is 1. The highest BCUT2D eigenvalue weighted by Gasteiger charge is 2.14. The van der Waals surface area contributed by atoms with Crippen molar-refractivity contribution in [2.45, 2.75) is 6.92 Å². The van der Waals surface area contributed by atoms with Crippen LogP contribution in [0.4, 0.5) is 5.82 Å². The Bertz CT molecular complexity index is 843. The molecule has 0 aliphatic heterocycles. The third-order valence-corrected chi connectivity index (χ3v) is 3.62. The van der Waals surface area contributed by atoms with Crippen molar-refractivity contribution in [3.63, 3.8) is 0 Å². The van der Waals surface area contributed by atoms with E-state index in [4.69, 9.17) is 4.42 Å². The van der Waals surface area contributed by atoms with Gasteiger partial charge in [-0.3, -0.25) is 0 Å². The molecule has 3 rings (SSSR count). The van der Waals surface area contributed by atoms with Gasteiger partial charge in [0.1, 0.15) is 0 Å². The number of hydrogen-bond acceptors (Lipinski definition) is 5. The van der Waals surface area contributed by atoms with Gasteiger partial charge in [0.15, 0.2) is 11.5 Å². The summed E-state index contributed by atoms with van der Waals surface area (Å²) < 4.78 is 6.13. The lowest BCUT2D eigenvalue weighted by Crippen LogP contribution is -1.85. The first-order valence-electron chi connectivity index (χ1n) is 6.56. The number of aryl methyl sites for hydroxylation is 1. The van der Waals surface area contributed by atoms with Gasteiger partial charge in [-0.25, -0.2) is 15.0 Å². The SMILES string of the molecule is Cc1cccc(/N=C/c2nc(-c3ccccc3Br)oc2O)n1. The van der Waals surface area contributed by atoms with E-state index in [-0.39, 0.29) is 11.6 Å². The Balaban J connectivity index is 1.92. The van der Waals surface area contributed by atoms with Crippen LogP contribution < -0.4 is 0 Å². The minimum Gasteiger partial charge on any atom is -0.479 e. The fourth-order valence-corrected chi connectivity index (χ4v) is 2.34. The first-order chi connectivity index (χ1) is 10.6. The van der Waals surface area contributed by atoms with Crippen molar-refractivity contribution >= 4 is 28.0 Å². The summed E-state index contributed by atoms with van der Waals surface area (Å²) in [7, 11) is 0. The van der Waals surface area contributed by atoms with E-state index >= 15 is 0 Å². The lowest BCUT2D eigenvalue weighted by molar-refractivity contribution is 0.337. The molecule has 2 heterocycles. The van der Waals surface area contributed by atoms with Gasteiger partial charge in [0.25, 0.3) is 0 Å². The van der Waals surface area contributed by atoms with Crippen molar-refractivity contribution in [1.29, 1.82) is 0 Å². The number of hydrogen-bond donors (Lipinski definition) is 1. The molecule has 0 bridgehead atoms. The first-order valence-corrected chi connectivity index (χ1v) is 7.35. The number of aromatic nitrogens is 2. The van der Waals surface area contributed by atoms with Gasteiger partial charge in [-0.05, 0) is 47.1 Å². The molecule has 0 spiro atoms. The molecule has 2 aromatic heterocycles. The van der Waals surface area contributed by atoms with Crippen molar-refractivity contribution in [2.75, 3.05) is 0 Å². The maximum atomic E-state index is 9.86. The smallest absolute Gasteiger partial charge is 0.312 e. The molecular formula is C16H12BrN3O2. The highest BCUT2D eigenvalue weighted by molar-refractivity contribution is 9.10. The second-order valence-electron chi connectivity index (χ2n) is 4.58. The minimum atomic E-state index is -0.276. The maximum Gasteiger partial charge on any atom is 0.312 e. The summed E-state index contributed by atoms with van der Waals surface area (Å²) in [6, 6.07) is 13.0. The van der Waals surface area contributed by atoms with Gasteiger partial charge in [-0.2, -0.15) is 0 Å². The van der Waals surface area contributed by atoms with Gasteiger partial charge >= 0.3 is 5.95 Å². The minimum absolute atomic E-state index is 0.258. The number of halogens is 1. The van der Waals surface area contributed by atoms with Gasteiger partial charge in [0.05, 0.1) is 11.8 Å². The molecule has 0 fully saturated rings. The van der Waals surface area contributed by atoms with Crippen LogP contribution in [0.25, 0.3) is 11.5 Å². The van der Waals surface area contributed by atoms with E-state index in [1.165, 1.54) is 6.21 Å². The van der Waals surface area contributed by atoms with Crippen LogP contribution in [-0.4, -0.2) is 21.3 Å². The molecule has 0 unspecified atom stereocenters. The highest BCUT2D eigenvalue weighted by atomic mass is 79.9. The number of pyridine rings is 1. The summed E-state index contributed by atoms with van der Waals surface area (Å²) in [6.45, 7) is 1.89. The van der Waals surface area contributed by atoms with Gasteiger partial charge in [0, 0.05) is 10.2 Å². The summed E-state index contributed by atoms with van der Waals surface area (Å²) in [6.07, 6.45) is 1.43. The predicted octanol–water partition coefficient (Wildman–Crippen LogP) is 4.26. The predicted molar refractivity (Wildman–Crippen MR) is 87.5 cm³/mol. The molecule has 0 aliphatic carbocycles. The molecule has 1 N–H and O–H groups in total. The third kappa shape index (κ3) is 3.07. The Labute approximate surface area is 135 Å². The van der Waals surface area contributed by atoms with E-state index in [0.29, 0.717) is 11.7 Å². The average Bonchev–Trinajstić information content (AvgIpc) is 2.87. The standard InChI is InChI=1S/C16H12BrN3O2/c1-10-5-4-8-14(19-10)18-9-13-16(21)22-15(20-13)11-6-2-3-7-12(11)17/h2-9,21H,1H3/b18-9+.